The summed E-state index contributed by atoms with van der Waals surface area (Å²) < 4.78 is 32.0. The molecule has 0 unspecified atom stereocenters. The molecule has 1 fully saturated rings. The Hall–Kier alpha value is -1.92. The van der Waals surface area contributed by atoms with Crippen LogP contribution in [0.4, 0.5) is 0 Å². The number of pyridine rings is 1. The maximum Gasteiger partial charge on any atom is 0.223 e. The summed E-state index contributed by atoms with van der Waals surface area (Å²) in [7, 11) is -3.21. The number of nitrogens with one attached hydrogen (secondary N) is 1. The Morgan fingerprint density at radius 1 is 1.14 bits per heavy atom. The summed E-state index contributed by atoms with van der Waals surface area (Å²) in [6.07, 6.45) is 3.11. The molecule has 0 spiro atoms. The number of rotatable bonds is 6. The van der Waals surface area contributed by atoms with Crippen molar-refractivity contribution in [1.82, 2.24) is 9.71 Å². The molecule has 0 amide bonds. The van der Waals surface area contributed by atoms with Gasteiger partial charge in [0.1, 0.15) is 5.75 Å². The monoisotopic (exact) mass is 304 g/mol. The quantitative estimate of drug-likeness (QED) is 0.890. The van der Waals surface area contributed by atoms with Crippen molar-refractivity contribution < 1.29 is 13.2 Å². The largest absolute Gasteiger partial charge is 0.439 e. The second kappa shape index (κ2) is 5.83. The minimum atomic E-state index is -3.21. The fourth-order valence-electron chi connectivity index (χ4n) is 1.93. The second-order valence-electron chi connectivity index (χ2n) is 4.95. The van der Waals surface area contributed by atoms with Crippen molar-refractivity contribution in [1.29, 1.82) is 0 Å². The third-order valence-electron chi connectivity index (χ3n) is 3.23. The van der Waals surface area contributed by atoms with E-state index in [0.29, 0.717) is 17.2 Å². The summed E-state index contributed by atoms with van der Waals surface area (Å²) in [5.41, 5.74) is 0.713. The van der Waals surface area contributed by atoms with Gasteiger partial charge in [0.25, 0.3) is 0 Å². The van der Waals surface area contributed by atoms with Crippen LogP contribution in [0.2, 0.25) is 0 Å². The van der Waals surface area contributed by atoms with E-state index in [0.717, 1.165) is 12.8 Å². The fourth-order valence-corrected chi connectivity index (χ4v) is 3.27. The van der Waals surface area contributed by atoms with Crippen LogP contribution in [0.3, 0.4) is 0 Å². The van der Waals surface area contributed by atoms with Gasteiger partial charge in [-0.1, -0.05) is 24.3 Å². The van der Waals surface area contributed by atoms with E-state index in [1.54, 1.807) is 18.3 Å². The number of nitrogens with zero attached hydrogens (tertiary/aromatic N) is 1. The average molecular weight is 304 g/mol. The van der Waals surface area contributed by atoms with Gasteiger partial charge in [0.2, 0.25) is 15.9 Å². The van der Waals surface area contributed by atoms with Crippen LogP contribution in [0.1, 0.15) is 18.4 Å². The Labute approximate surface area is 124 Å². The number of para-hydroxylation sites is 1. The Morgan fingerprint density at radius 2 is 1.90 bits per heavy atom. The van der Waals surface area contributed by atoms with E-state index in [9.17, 15) is 8.42 Å². The lowest BCUT2D eigenvalue weighted by Gasteiger charge is -2.10. The van der Waals surface area contributed by atoms with Gasteiger partial charge in [0.15, 0.2) is 0 Å². The van der Waals surface area contributed by atoms with Crippen LogP contribution in [0.5, 0.6) is 11.6 Å². The van der Waals surface area contributed by atoms with Crippen LogP contribution in [0.25, 0.3) is 0 Å². The highest BCUT2D eigenvalue weighted by Gasteiger charge is 2.35. The summed E-state index contributed by atoms with van der Waals surface area (Å²) in [5.74, 6) is 1.09. The fraction of sp³-hybridized carbons (Fsp3) is 0.267. The molecule has 5 nitrogen and oxygen atoms in total. The highest BCUT2D eigenvalue weighted by Crippen LogP contribution is 2.28. The van der Waals surface area contributed by atoms with Crippen LogP contribution >= 0.6 is 0 Å². The highest BCUT2D eigenvalue weighted by atomic mass is 32.2. The third-order valence-corrected chi connectivity index (χ3v) is 5.13. The molecule has 6 heteroatoms. The summed E-state index contributed by atoms with van der Waals surface area (Å²) in [6.45, 7) is 0.189. The van der Waals surface area contributed by atoms with E-state index in [2.05, 4.69) is 9.71 Å². The maximum absolute atomic E-state index is 11.9. The van der Waals surface area contributed by atoms with Crippen molar-refractivity contribution in [2.24, 2.45) is 0 Å². The van der Waals surface area contributed by atoms with Gasteiger partial charge < -0.3 is 4.74 Å². The zero-order chi connectivity index (χ0) is 14.7. The minimum Gasteiger partial charge on any atom is -0.439 e. The van der Waals surface area contributed by atoms with Gasteiger partial charge in [-0.25, -0.2) is 18.1 Å². The van der Waals surface area contributed by atoms with Crippen molar-refractivity contribution in [3.8, 4) is 11.6 Å². The Bertz CT molecular complexity index is 713. The number of ether oxygens (including phenoxy) is 1. The minimum absolute atomic E-state index is 0.189. The predicted molar refractivity (Wildman–Crippen MR) is 79.5 cm³/mol. The predicted octanol–water partition coefficient (Wildman–Crippen LogP) is 2.46. The number of sulfonamides is 1. The molecule has 1 aliphatic carbocycles. The molecule has 21 heavy (non-hydrogen) atoms. The number of benzene rings is 1. The van der Waals surface area contributed by atoms with E-state index in [1.165, 1.54) is 0 Å². The second-order valence-corrected chi connectivity index (χ2v) is 6.99. The SMILES string of the molecule is O=S(=O)(NCc1cccnc1Oc1ccccc1)C1CC1. The van der Waals surface area contributed by atoms with Crippen LogP contribution in [-0.2, 0) is 16.6 Å². The van der Waals surface area contributed by atoms with Crippen molar-refractivity contribution in [2.75, 3.05) is 0 Å². The van der Waals surface area contributed by atoms with Gasteiger partial charge >= 0.3 is 0 Å². The smallest absolute Gasteiger partial charge is 0.223 e. The van der Waals surface area contributed by atoms with E-state index in [1.807, 2.05) is 30.3 Å². The molecular weight excluding hydrogens is 288 g/mol. The molecule has 2 aromatic rings. The molecule has 0 aliphatic heterocycles. The molecule has 1 heterocycles. The molecule has 1 saturated carbocycles. The van der Waals surface area contributed by atoms with Crippen molar-refractivity contribution in [2.45, 2.75) is 24.6 Å². The van der Waals surface area contributed by atoms with Crippen LogP contribution in [0.15, 0.2) is 48.7 Å². The molecule has 1 aromatic heterocycles. The molecule has 0 atom stereocenters. The van der Waals surface area contributed by atoms with Crippen molar-refractivity contribution in [3.05, 3.63) is 54.2 Å². The zero-order valence-electron chi connectivity index (χ0n) is 11.4. The van der Waals surface area contributed by atoms with Crippen LogP contribution < -0.4 is 9.46 Å². The summed E-state index contributed by atoms with van der Waals surface area (Å²) in [4.78, 5) is 4.18. The van der Waals surface area contributed by atoms with Gasteiger partial charge in [-0.2, -0.15) is 0 Å². The summed E-state index contributed by atoms with van der Waals surface area (Å²) in [5, 5.41) is -0.229. The first-order chi connectivity index (χ1) is 10.1. The van der Waals surface area contributed by atoms with E-state index in [-0.39, 0.29) is 11.8 Å². The Kier molecular flexibility index (Phi) is 3.90. The van der Waals surface area contributed by atoms with Crippen LogP contribution in [-0.4, -0.2) is 18.7 Å². The zero-order valence-corrected chi connectivity index (χ0v) is 12.2. The van der Waals surface area contributed by atoms with Gasteiger partial charge in [0.05, 0.1) is 5.25 Å². The number of hydrogen-bond donors (Lipinski definition) is 1. The molecule has 3 rings (SSSR count). The molecule has 1 N–H and O–H groups in total. The van der Waals surface area contributed by atoms with E-state index >= 15 is 0 Å². The van der Waals surface area contributed by atoms with Gasteiger partial charge in [-0.05, 0) is 31.0 Å². The number of hydrogen-bond acceptors (Lipinski definition) is 4. The lowest BCUT2D eigenvalue weighted by molar-refractivity contribution is 0.455. The standard InChI is InChI=1S/C15H16N2O3S/c18-21(19,14-8-9-14)17-11-12-5-4-10-16-15(12)20-13-6-2-1-3-7-13/h1-7,10,14,17H,8-9,11H2. The Balaban J connectivity index is 1.73. The van der Waals surface area contributed by atoms with Crippen LogP contribution in [0, 0.1) is 0 Å². The highest BCUT2D eigenvalue weighted by molar-refractivity contribution is 7.90. The van der Waals surface area contributed by atoms with Crippen molar-refractivity contribution >= 4 is 10.0 Å². The molecule has 1 aromatic carbocycles. The topological polar surface area (TPSA) is 68.3 Å². The summed E-state index contributed by atoms with van der Waals surface area (Å²) in [6, 6.07) is 12.9. The van der Waals surface area contributed by atoms with Gasteiger partial charge in [-0.15, -0.1) is 0 Å². The molecule has 110 valence electrons. The first-order valence-electron chi connectivity index (χ1n) is 6.80. The van der Waals surface area contributed by atoms with Gasteiger partial charge in [-0.3, -0.25) is 0 Å². The summed E-state index contributed by atoms with van der Waals surface area (Å²) >= 11 is 0. The lowest BCUT2D eigenvalue weighted by atomic mass is 10.3. The number of aromatic nitrogens is 1. The third kappa shape index (κ3) is 3.59. The van der Waals surface area contributed by atoms with Crippen molar-refractivity contribution in [3.63, 3.8) is 0 Å². The first-order valence-corrected chi connectivity index (χ1v) is 8.35. The van der Waals surface area contributed by atoms with E-state index < -0.39 is 10.0 Å². The molecule has 0 saturated heterocycles. The normalized spacial score (nSPS) is 14.9. The molecule has 1 aliphatic rings. The maximum atomic E-state index is 11.9. The lowest BCUT2D eigenvalue weighted by Crippen LogP contribution is -2.26. The average Bonchev–Trinajstić information content (AvgIpc) is 3.33. The molecule has 0 bridgehead atoms. The van der Waals surface area contributed by atoms with Gasteiger partial charge in [0, 0.05) is 18.3 Å². The molecular formula is C15H16N2O3S. The Morgan fingerprint density at radius 3 is 2.62 bits per heavy atom. The van der Waals surface area contributed by atoms with E-state index in [4.69, 9.17) is 4.74 Å². The first kappa shape index (κ1) is 14.0. The molecule has 0 radical (unpaired) electrons.